The Morgan fingerprint density at radius 3 is 2.61 bits per heavy atom. The van der Waals surface area contributed by atoms with Crippen LogP contribution in [-0.2, 0) is 0 Å². The molecule has 6 heteroatoms. The van der Waals surface area contributed by atoms with Crippen molar-refractivity contribution in [3.63, 3.8) is 0 Å². The fraction of sp³-hybridized carbons (Fsp3) is 0.588. The number of halogens is 1. The summed E-state index contributed by atoms with van der Waals surface area (Å²) in [7, 11) is 2.32. The van der Waals surface area contributed by atoms with Crippen molar-refractivity contribution in [2.24, 2.45) is 0 Å². The molecule has 2 aromatic rings. The van der Waals surface area contributed by atoms with Gasteiger partial charge in [-0.3, -0.25) is 0 Å². The molecule has 0 aliphatic carbocycles. The van der Waals surface area contributed by atoms with Crippen LogP contribution in [0.25, 0.3) is 5.52 Å². The summed E-state index contributed by atoms with van der Waals surface area (Å²) in [5.74, 6) is 0.567. The number of ether oxygens (including phenoxy) is 1. The van der Waals surface area contributed by atoms with Crippen molar-refractivity contribution < 1.29 is 21.6 Å². The van der Waals surface area contributed by atoms with E-state index in [1.54, 1.807) is 0 Å². The molecule has 0 aromatic carbocycles. The lowest BCUT2D eigenvalue weighted by Crippen LogP contribution is -3.00. The van der Waals surface area contributed by atoms with Crippen LogP contribution >= 0.6 is 0 Å². The summed E-state index contributed by atoms with van der Waals surface area (Å²) in [6, 6.07) is 4.09. The lowest BCUT2D eigenvalue weighted by atomic mass is 10.1. The lowest BCUT2D eigenvalue weighted by molar-refractivity contribution is -0.914. The van der Waals surface area contributed by atoms with Gasteiger partial charge >= 0.3 is 0 Å². The van der Waals surface area contributed by atoms with Gasteiger partial charge in [-0.25, -0.2) is 4.52 Å². The van der Waals surface area contributed by atoms with Crippen molar-refractivity contribution in [1.29, 1.82) is 0 Å². The predicted octanol–water partition coefficient (Wildman–Crippen LogP) is -0.453. The van der Waals surface area contributed by atoms with Crippen LogP contribution in [0.15, 0.2) is 12.1 Å². The first kappa shape index (κ1) is 17.9. The molecule has 5 nitrogen and oxygen atoms in total. The first-order chi connectivity index (χ1) is 10.5. The number of rotatable bonds is 4. The van der Waals surface area contributed by atoms with Crippen LogP contribution < -0.4 is 22.9 Å². The molecule has 2 aromatic heterocycles. The number of nitrogen functional groups attached to an aromatic ring is 1. The van der Waals surface area contributed by atoms with Gasteiger partial charge in [0, 0.05) is 5.69 Å². The molecule has 23 heavy (non-hydrogen) atoms. The Labute approximate surface area is 144 Å². The van der Waals surface area contributed by atoms with Gasteiger partial charge in [0.2, 0.25) is 0 Å². The largest absolute Gasteiger partial charge is 1.00 e. The van der Waals surface area contributed by atoms with Crippen molar-refractivity contribution in [1.82, 2.24) is 9.61 Å². The summed E-state index contributed by atoms with van der Waals surface area (Å²) >= 11 is 0. The van der Waals surface area contributed by atoms with Crippen LogP contribution in [0.5, 0.6) is 5.88 Å². The SMILES string of the molecule is Cc1ccc2c(N)c(OCC[N+]3(C)CCCCC3)nn2c1C.[Cl-]. The van der Waals surface area contributed by atoms with Crippen molar-refractivity contribution >= 4 is 11.2 Å². The monoisotopic (exact) mass is 338 g/mol. The first-order valence-corrected chi connectivity index (χ1v) is 8.21. The Morgan fingerprint density at radius 1 is 1.22 bits per heavy atom. The Balaban J connectivity index is 0.00000192. The van der Waals surface area contributed by atoms with Crippen LogP contribution in [-0.4, -0.2) is 47.4 Å². The van der Waals surface area contributed by atoms with Gasteiger partial charge in [-0.2, -0.15) is 0 Å². The minimum Gasteiger partial charge on any atom is -1.00 e. The fourth-order valence-electron chi connectivity index (χ4n) is 3.30. The molecule has 1 aliphatic rings. The van der Waals surface area contributed by atoms with Gasteiger partial charge in [-0.1, -0.05) is 6.07 Å². The molecule has 128 valence electrons. The minimum absolute atomic E-state index is 0. The standard InChI is InChI=1S/C17H27N4O.ClH/c1-13-7-8-15-16(18)17(19-20(15)14(13)2)22-12-11-21(3)9-5-4-6-10-21;/h7-8H,4-6,9-12,18H2,1-3H3;1H/q+1;/p-1. The van der Waals surface area contributed by atoms with E-state index < -0.39 is 0 Å². The third-order valence-corrected chi connectivity index (χ3v) is 5.07. The molecule has 0 radical (unpaired) electrons. The molecule has 3 rings (SSSR count). The maximum atomic E-state index is 6.20. The summed E-state index contributed by atoms with van der Waals surface area (Å²) in [6.45, 7) is 8.33. The van der Waals surface area contributed by atoms with E-state index in [-0.39, 0.29) is 12.4 Å². The van der Waals surface area contributed by atoms with Crippen molar-refractivity contribution in [2.75, 3.05) is 39.0 Å². The smallest absolute Gasteiger partial charge is 0.257 e. The minimum atomic E-state index is 0. The lowest BCUT2D eigenvalue weighted by Gasteiger charge is -2.37. The number of nitrogens with two attached hydrogens (primary N) is 1. The summed E-state index contributed by atoms with van der Waals surface area (Å²) in [4.78, 5) is 0. The van der Waals surface area contributed by atoms with Gasteiger partial charge in [-0.05, 0) is 44.7 Å². The van der Waals surface area contributed by atoms with E-state index in [9.17, 15) is 0 Å². The number of aryl methyl sites for hydroxylation is 2. The highest BCUT2D eigenvalue weighted by Gasteiger charge is 2.24. The number of hydrogen-bond acceptors (Lipinski definition) is 3. The van der Waals surface area contributed by atoms with Gasteiger partial charge in [0.05, 0.1) is 25.7 Å². The second-order valence-electron chi connectivity index (χ2n) is 6.82. The highest BCUT2D eigenvalue weighted by atomic mass is 35.5. The van der Waals surface area contributed by atoms with Crippen molar-refractivity contribution in [2.45, 2.75) is 33.1 Å². The second kappa shape index (κ2) is 6.97. The number of pyridine rings is 1. The van der Waals surface area contributed by atoms with Crippen LogP contribution in [0.3, 0.4) is 0 Å². The second-order valence-corrected chi connectivity index (χ2v) is 6.82. The number of fused-ring (bicyclic) bond motifs is 1. The van der Waals surface area contributed by atoms with E-state index in [0.29, 0.717) is 18.2 Å². The van der Waals surface area contributed by atoms with Crippen molar-refractivity contribution in [3.05, 3.63) is 23.4 Å². The number of aromatic nitrogens is 2. The highest BCUT2D eigenvalue weighted by molar-refractivity contribution is 5.75. The van der Waals surface area contributed by atoms with Gasteiger partial charge in [0.1, 0.15) is 18.8 Å². The third-order valence-electron chi connectivity index (χ3n) is 5.07. The van der Waals surface area contributed by atoms with E-state index in [2.05, 4.69) is 32.1 Å². The molecule has 0 atom stereocenters. The summed E-state index contributed by atoms with van der Waals surface area (Å²) in [6.07, 6.45) is 4.02. The van der Waals surface area contributed by atoms with Gasteiger partial charge in [0.25, 0.3) is 5.88 Å². The van der Waals surface area contributed by atoms with E-state index in [1.165, 1.54) is 37.9 Å². The van der Waals surface area contributed by atoms with Crippen LogP contribution in [0.1, 0.15) is 30.5 Å². The normalized spacial score (nSPS) is 17.0. The Kier molecular flexibility index (Phi) is 5.42. The van der Waals surface area contributed by atoms with E-state index in [0.717, 1.165) is 22.2 Å². The van der Waals surface area contributed by atoms with Crippen LogP contribution in [0.2, 0.25) is 0 Å². The van der Waals surface area contributed by atoms with Gasteiger partial charge < -0.3 is 27.4 Å². The number of hydrogen-bond donors (Lipinski definition) is 1. The molecule has 3 heterocycles. The zero-order chi connectivity index (χ0) is 15.7. The highest BCUT2D eigenvalue weighted by Crippen LogP contribution is 2.27. The number of anilines is 1. The zero-order valence-corrected chi connectivity index (χ0v) is 15.1. The van der Waals surface area contributed by atoms with E-state index in [4.69, 9.17) is 10.5 Å². The van der Waals surface area contributed by atoms with Crippen molar-refractivity contribution in [3.8, 4) is 5.88 Å². The van der Waals surface area contributed by atoms with E-state index >= 15 is 0 Å². The third kappa shape index (κ3) is 3.56. The molecule has 1 fully saturated rings. The Hall–Kier alpha value is -1.46. The predicted molar refractivity (Wildman–Crippen MR) is 89.2 cm³/mol. The molecule has 0 amide bonds. The molecular weight excluding hydrogens is 312 g/mol. The molecule has 2 N–H and O–H groups in total. The zero-order valence-electron chi connectivity index (χ0n) is 14.3. The molecular formula is C17H27ClN4O. The molecule has 0 spiro atoms. The molecule has 0 bridgehead atoms. The maximum absolute atomic E-state index is 6.20. The summed E-state index contributed by atoms with van der Waals surface area (Å²) in [5, 5.41) is 4.54. The first-order valence-electron chi connectivity index (χ1n) is 8.21. The maximum Gasteiger partial charge on any atom is 0.257 e. The van der Waals surface area contributed by atoms with Crippen LogP contribution in [0.4, 0.5) is 5.69 Å². The molecule has 0 saturated carbocycles. The summed E-state index contributed by atoms with van der Waals surface area (Å²) in [5.41, 5.74) is 10.1. The number of quaternary nitrogens is 1. The number of piperidine rings is 1. The number of likely N-dealkylation sites (tertiary alicyclic amines) is 1. The molecule has 1 saturated heterocycles. The average molecular weight is 339 g/mol. The summed E-state index contributed by atoms with van der Waals surface area (Å²) < 4.78 is 8.90. The van der Waals surface area contributed by atoms with Gasteiger partial charge in [-0.15, -0.1) is 5.10 Å². The topological polar surface area (TPSA) is 52.5 Å². The van der Waals surface area contributed by atoms with Gasteiger partial charge in [0.15, 0.2) is 0 Å². The quantitative estimate of drug-likeness (QED) is 0.768. The molecule has 0 unspecified atom stereocenters. The number of nitrogens with zero attached hydrogens (tertiary/aromatic N) is 3. The average Bonchev–Trinajstić information content (AvgIpc) is 2.81. The van der Waals surface area contributed by atoms with E-state index in [1.807, 2.05) is 10.6 Å². The molecule has 1 aliphatic heterocycles. The van der Waals surface area contributed by atoms with Crippen LogP contribution in [0, 0.1) is 13.8 Å². The number of likely N-dealkylation sites (N-methyl/N-ethyl adjacent to an activating group) is 1. The Bertz CT molecular complexity index is 677. The Morgan fingerprint density at radius 2 is 1.91 bits per heavy atom. The fourth-order valence-corrected chi connectivity index (χ4v) is 3.30.